The van der Waals surface area contributed by atoms with Gasteiger partial charge in [0.15, 0.2) is 0 Å². The van der Waals surface area contributed by atoms with Crippen molar-refractivity contribution in [3.8, 4) is 0 Å². The summed E-state index contributed by atoms with van der Waals surface area (Å²) in [5.41, 5.74) is 1.22. The first-order chi connectivity index (χ1) is 19.2. The van der Waals surface area contributed by atoms with Gasteiger partial charge in [0, 0.05) is 48.5 Å². The third-order valence-electron chi connectivity index (χ3n) is 6.82. The molecular weight excluding hydrogens is 575 g/mol. The second-order valence-electron chi connectivity index (χ2n) is 9.38. The lowest BCUT2D eigenvalue weighted by atomic mass is 9.94. The Morgan fingerprint density at radius 1 is 1.12 bits per heavy atom. The third-order valence-corrected chi connectivity index (χ3v) is 9.30. The van der Waals surface area contributed by atoms with Crippen molar-refractivity contribution in [3.05, 3.63) is 88.1 Å². The lowest BCUT2D eigenvalue weighted by Crippen LogP contribution is -2.51. The van der Waals surface area contributed by atoms with Crippen molar-refractivity contribution >= 4 is 45.2 Å². The number of urea groups is 1. The van der Waals surface area contributed by atoms with E-state index in [0.29, 0.717) is 47.4 Å². The van der Waals surface area contributed by atoms with Gasteiger partial charge in [-0.1, -0.05) is 53.5 Å². The monoisotopic (exact) mass is 606 g/mol. The highest BCUT2D eigenvalue weighted by Gasteiger charge is 2.39. The highest BCUT2D eigenvalue weighted by atomic mass is 35.5. The van der Waals surface area contributed by atoms with Gasteiger partial charge in [-0.25, -0.2) is 18.0 Å². The van der Waals surface area contributed by atoms with Crippen LogP contribution < -0.4 is 5.32 Å². The highest BCUT2D eigenvalue weighted by molar-refractivity contribution is 7.89. The predicted molar refractivity (Wildman–Crippen MR) is 155 cm³/mol. The minimum Gasteiger partial charge on any atom is -0.463 e. The Labute approximate surface area is 245 Å². The summed E-state index contributed by atoms with van der Waals surface area (Å²) in [4.78, 5) is 30.5. The molecule has 2 heterocycles. The van der Waals surface area contributed by atoms with Crippen molar-refractivity contribution in [3.63, 3.8) is 0 Å². The summed E-state index contributed by atoms with van der Waals surface area (Å²) in [5, 5.41) is 3.61. The quantitative estimate of drug-likeness (QED) is 0.334. The fraction of sp³-hybridized carbons (Fsp3) is 0.357. The zero-order chi connectivity index (χ0) is 28.9. The molecule has 2 amide bonds. The Kier molecular flexibility index (Phi) is 9.91. The minimum absolute atomic E-state index is 0.141. The molecule has 2 aromatic rings. The van der Waals surface area contributed by atoms with Crippen LogP contribution in [0.4, 0.5) is 4.79 Å². The molecule has 4 rings (SSSR count). The van der Waals surface area contributed by atoms with E-state index in [-0.39, 0.29) is 36.7 Å². The van der Waals surface area contributed by atoms with Gasteiger partial charge in [-0.05, 0) is 49.7 Å². The third kappa shape index (κ3) is 6.53. The van der Waals surface area contributed by atoms with Crippen LogP contribution in [0.15, 0.2) is 77.4 Å². The van der Waals surface area contributed by atoms with Crippen LogP contribution in [0.2, 0.25) is 10.0 Å². The van der Waals surface area contributed by atoms with Gasteiger partial charge < -0.3 is 10.1 Å². The van der Waals surface area contributed by atoms with Crippen molar-refractivity contribution in [2.24, 2.45) is 0 Å². The van der Waals surface area contributed by atoms with Crippen molar-refractivity contribution in [2.45, 2.75) is 24.3 Å². The number of carbonyl (C=O) groups excluding carboxylic acids is 2. The number of esters is 1. The van der Waals surface area contributed by atoms with Crippen LogP contribution in [0.25, 0.3) is 0 Å². The average molecular weight is 608 g/mol. The molecule has 0 radical (unpaired) electrons. The molecule has 1 unspecified atom stereocenters. The molecule has 2 aromatic carbocycles. The Bertz CT molecular complexity index is 1400. The SMILES string of the molecule is C=CCN1C(=O)NC(c2ccc(Cl)cc2Cl)C(C(=O)OCC)=C1CN1CCCN(S(=O)(=O)c2ccccc2)CC1. The Hall–Kier alpha value is -2.89. The van der Waals surface area contributed by atoms with Gasteiger partial charge in [-0.15, -0.1) is 6.58 Å². The van der Waals surface area contributed by atoms with Gasteiger partial charge in [-0.3, -0.25) is 9.80 Å². The molecule has 0 aliphatic carbocycles. The van der Waals surface area contributed by atoms with Crippen LogP contribution in [0, 0.1) is 0 Å². The maximum Gasteiger partial charge on any atom is 0.338 e. The van der Waals surface area contributed by atoms with Crippen molar-refractivity contribution in [2.75, 3.05) is 45.9 Å². The predicted octanol–water partition coefficient (Wildman–Crippen LogP) is 4.46. The molecule has 1 atom stereocenters. The molecule has 0 saturated carbocycles. The molecule has 214 valence electrons. The number of hydrogen-bond acceptors (Lipinski definition) is 6. The van der Waals surface area contributed by atoms with Crippen LogP contribution >= 0.6 is 23.2 Å². The minimum atomic E-state index is -3.65. The summed E-state index contributed by atoms with van der Waals surface area (Å²) < 4.78 is 33.4. The first kappa shape index (κ1) is 30.1. The van der Waals surface area contributed by atoms with E-state index in [9.17, 15) is 18.0 Å². The summed E-state index contributed by atoms with van der Waals surface area (Å²) in [5.74, 6) is -0.578. The number of amides is 2. The molecule has 1 N–H and O–H groups in total. The largest absolute Gasteiger partial charge is 0.463 e. The van der Waals surface area contributed by atoms with Gasteiger partial charge >= 0.3 is 12.0 Å². The molecule has 1 saturated heterocycles. The fourth-order valence-electron chi connectivity index (χ4n) is 4.91. The molecule has 9 nitrogen and oxygen atoms in total. The number of rotatable bonds is 9. The zero-order valence-corrected chi connectivity index (χ0v) is 24.5. The standard InChI is InChI=1S/C28H32Cl2N4O5S/c1-3-13-34-24(19-32-14-8-15-33(17-16-32)40(37,38)21-9-6-5-7-10-21)25(27(35)39-4-2)26(31-28(34)36)22-12-11-20(29)18-23(22)30/h3,5-7,9-12,18,26H,1,4,8,13-17,19H2,2H3,(H,31,36). The van der Waals surface area contributed by atoms with Crippen LogP contribution in [-0.4, -0.2) is 80.4 Å². The second kappa shape index (κ2) is 13.2. The Morgan fingerprint density at radius 2 is 1.88 bits per heavy atom. The van der Waals surface area contributed by atoms with Crippen LogP contribution in [0.1, 0.15) is 24.9 Å². The highest BCUT2D eigenvalue weighted by Crippen LogP contribution is 2.36. The fourth-order valence-corrected chi connectivity index (χ4v) is 6.92. The smallest absolute Gasteiger partial charge is 0.338 e. The van der Waals surface area contributed by atoms with Crippen LogP contribution in [0.3, 0.4) is 0 Å². The first-order valence-electron chi connectivity index (χ1n) is 13.0. The topological polar surface area (TPSA) is 99.3 Å². The molecule has 40 heavy (non-hydrogen) atoms. The van der Waals surface area contributed by atoms with E-state index in [1.54, 1.807) is 61.5 Å². The van der Waals surface area contributed by atoms with Gasteiger partial charge in [0.05, 0.1) is 23.1 Å². The number of nitrogens with one attached hydrogen (secondary N) is 1. The van der Waals surface area contributed by atoms with Gasteiger partial charge in [0.1, 0.15) is 0 Å². The van der Waals surface area contributed by atoms with Crippen molar-refractivity contribution in [1.29, 1.82) is 0 Å². The lowest BCUT2D eigenvalue weighted by molar-refractivity contribution is -0.139. The number of ether oxygens (including phenoxy) is 1. The van der Waals surface area contributed by atoms with Crippen LogP contribution in [-0.2, 0) is 19.6 Å². The lowest BCUT2D eigenvalue weighted by Gasteiger charge is -2.38. The van der Waals surface area contributed by atoms with E-state index in [2.05, 4.69) is 11.9 Å². The molecule has 2 aliphatic heterocycles. The second-order valence-corrected chi connectivity index (χ2v) is 12.2. The molecule has 0 spiro atoms. The molecular formula is C28H32Cl2N4O5S. The van der Waals surface area contributed by atoms with Crippen molar-refractivity contribution < 1.29 is 22.7 Å². The molecule has 0 aromatic heterocycles. The van der Waals surface area contributed by atoms with Gasteiger partial charge in [-0.2, -0.15) is 4.31 Å². The summed E-state index contributed by atoms with van der Waals surface area (Å²) in [6.07, 6.45) is 2.16. The van der Waals surface area contributed by atoms with Gasteiger partial charge in [0.25, 0.3) is 0 Å². The van der Waals surface area contributed by atoms with E-state index >= 15 is 0 Å². The number of halogens is 2. The number of hydrogen-bond donors (Lipinski definition) is 1. The zero-order valence-electron chi connectivity index (χ0n) is 22.2. The Balaban J connectivity index is 1.69. The number of carbonyl (C=O) groups is 2. The van der Waals surface area contributed by atoms with E-state index in [1.165, 1.54) is 9.21 Å². The van der Waals surface area contributed by atoms with Gasteiger partial charge in [0.2, 0.25) is 10.0 Å². The van der Waals surface area contributed by atoms with E-state index in [0.717, 1.165) is 0 Å². The number of sulfonamides is 1. The van der Waals surface area contributed by atoms with E-state index in [1.807, 2.05) is 4.90 Å². The van der Waals surface area contributed by atoms with E-state index in [4.69, 9.17) is 27.9 Å². The molecule has 2 aliphatic rings. The number of benzene rings is 2. The normalized spacial score (nSPS) is 19.2. The van der Waals surface area contributed by atoms with E-state index < -0.39 is 28.1 Å². The summed E-state index contributed by atoms with van der Waals surface area (Å²) in [6.45, 7) is 7.60. The number of nitrogens with zero attached hydrogens (tertiary/aromatic N) is 3. The molecule has 0 bridgehead atoms. The van der Waals surface area contributed by atoms with Crippen LogP contribution in [0.5, 0.6) is 0 Å². The summed E-state index contributed by atoms with van der Waals surface area (Å²) in [7, 11) is -3.65. The molecule has 12 heteroatoms. The summed E-state index contributed by atoms with van der Waals surface area (Å²) >= 11 is 12.6. The maximum atomic E-state index is 13.4. The average Bonchev–Trinajstić information content (AvgIpc) is 3.17. The summed E-state index contributed by atoms with van der Waals surface area (Å²) in [6, 6.07) is 11.9. The Morgan fingerprint density at radius 3 is 2.55 bits per heavy atom. The first-order valence-corrected chi connectivity index (χ1v) is 15.2. The maximum absolute atomic E-state index is 13.4. The van der Waals surface area contributed by atoms with Crippen molar-refractivity contribution in [1.82, 2.24) is 19.4 Å². The molecule has 1 fully saturated rings.